The minimum atomic E-state index is -0.479. The minimum absolute atomic E-state index is 0.0350. The monoisotopic (exact) mass is 575 g/mol. The molecule has 224 valence electrons. The van der Waals surface area contributed by atoms with E-state index in [-0.39, 0.29) is 37.6 Å². The highest BCUT2D eigenvalue weighted by atomic mass is 16.7. The van der Waals surface area contributed by atoms with E-state index >= 15 is 0 Å². The fraction of sp³-hybridized carbons (Fsp3) is 0.394. The van der Waals surface area contributed by atoms with Crippen LogP contribution in [0, 0.1) is 5.92 Å². The molecule has 0 radical (unpaired) electrons. The van der Waals surface area contributed by atoms with Crippen molar-refractivity contribution in [1.29, 1.82) is 0 Å². The van der Waals surface area contributed by atoms with E-state index in [4.69, 9.17) is 9.57 Å². The molecule has 42 heavy (non-hydrogen) atoms. The van der Waals surface area contributed by atoms with Crippen LogP contribution in [0.3, 0.4) is 0 Å². The van der Waals surface area contributed by atoms with Gasteiger partial charge in [0.1, 0.15) is 6.61 Å². The summed E-state index contributed by atoms with van der Waals surface area (Å²) < 4.78 is 4.85. The van der Waals surface area contributed by atoms with E-state index in [1.165, 1.54) is 12.2 Å². The topological polar surface area (TPSA) is 114 Å². The number of hydrogen-bond donors (Lipinski definition) is 2. The molecule has 3 rings (SSSR count). The Bertz CT molecular complexity index is 1270. The predicted molar refractivity (Wildman–Crippen MR) is 160 cm³/mol. The Hall–Kier alpha value is -4.24. The van der Waals surface area contributed by atoms with Crippen molar-refractivity contribution < 1.29 is 28.8 Å². The summed E-state index contributed by atoms with van der Waals surface area (Å²) in [5.41, 5.74) is 4.23. The van der Waals surface area contributed by atoms with E-state index in [1.54, 1.807) is 13.0 Å². The van der Waals surface area contributed by atoms with E-state index in [0.29, 0.717) is 24.8 Å². The number of unbranched alkanes of at least 4 members (excludes halogenated alkanes) is 2. The highest BCUT2D eigenvalue weighted by Crippen LogP contribution is 2.30. The van der Waals surface area contributed by atoms with Crippen molar-refractivity contribution in [3.63, 3.8) is 0 Å². The smallest absolute Gasteiger partial charge is 0.312 e. The SMILES string of the molecule is CCCCCC(CN(C=O)OCc1ccccc1)C(=O)NCNC(=O)C1=CC=C(c2cccc(C(C)C(=O)OC)c2)C1. The molecule has 2 atom stereocenters. The number of ether oxygens (including phenoxy) is 1. The van der Waals surface area contributed by atoms with E-state index in [1.807, 2.05) is 60.7 Å². The second-order valence-corrected chi connectivity index (χ2v) is 10.3. The van der Waals surface area contributed by atoms with Crippen LogP contribution in [0.1, 0.15) is 68.6 Å². The first kappa shape index (κ1) is 32.3. The Labute approximate surface area is 247 Å². The van der Waals surface area contributed by atoms with E-state index in [2.05, 4.69) is 17.6 Å². The van der Waals surface area contributed by atoms with Crippen molar-refractivity contribution in [3.8, 4) is 0 Å². The quantitative estimate of drug-likeness (QED) is 0.0933. The highest BCUT2D eigenvalue weighted by Gasteiger charge is 2.23. The zero-order chi connectivity index (χ0) is 30.3. The molecule has 2 N–H and O–H groups in total. The summed E-state index contributed by atoms with van der Waals surface area (Å²) in [7, 11) is 1.37. The molecule has 0 saturated heterocycles. The molecule has 2 aromatic carbocycles. The van der Waals surface area contributed by atoms with Crippen molar-refractivity contribution in [2.45, 2.75) is 58.5 Å². The third-order valence-electron chi connectivity index (χ3n) is 7.27. The number of nitrogens with one attached hydrogen (secondary N) is 2. The van der Waals surface area contributed by atoms with Crippen LogP contribution in [0.2, 0.25) is 0 Å². The number of methoxy groups -OCH3 is 1. The third-order valence-corrected chi connectivity index (χ3v) is 7.27. The Morgan fingerprint density at radius 2 is 1.81 bits per heavy atom. The van der Waals surface area contributed by atoms with Crippen LogP contribution in [-0.4, -0.2) is 49.6 Å². The van der Waals surface area contributed by atoms with Crippen LogP contribution in [-0.2, 0) is 35.4 Å². The number of nitrogens with zero attached hydrogens (tertiary/aromatic N) is 1. The lowest BCUT2D eigenvalue weighted by Gasteiger charge is -2.23. The number of carbonyl (C=O) groups is 4. The summed E-state index contributed by atoms with van der Waals surface area (Å²) in [6.45, 7) is 4.18. The van der Waals surface area contributed by atoms with Gasteiger partial charge in [0.25, 0.3) is 0 Å². The lowest BCUT2D eigenvalue weighted by molar-refractivity contribution is -0.182. The van der Waals surface area contributed by atoms with Gasteiger partial charge in [-0.3, -0.25) is 24.0 Å². The fourth-order valence-corrected chi connectivity index (χ4v) is 4.69. The molecule has 0 aliphatic heterocycles. The van der Waals surface area contributed by atoms with Gasteiger partial charge in [0.2, 0.25) is 18.2 Å². The maximum Gasteiger partial charge on any atom is 0.312 e. The van der Waals surface area contributed by atoms with Crippen molar-refractivity contribution in [2.24, 2.45) is 5.92 Å². The second-order valence-electron chi connectivity index (χ2n) is 10.3. The third kappa shape index (κ3) is 9.69. The maximum atomic E-state index is 13.0. The molecular formula is C33H41N3O6. The Morgan fingerprint density at radius 1 is 1.02 bits per heavy atom. The largest absolute Gasteiger partial charge is 0.469 e. The van der Waals surface area contributed by atoms with Crippen molar-refractivity contribution in [3.05, 3.63) is 89.0 Å². The van der Waals surface area contributed by atoms with Gasteiger partial charge in [0, 0.05) is 12.0 Å². The zero-order valence-electron chi connectivity index (χ0n) is 24.6. The average Bonchev–Trinajstić information content (AvgIpc) is 3.53. The molecule has 1 aliphatic rings. The molecule has 0 aromatic heterocycles. The highest BCUT2D eigenvalue weighted by molar-refractivity contribution is 5.98. The minimum Gasteiger partial charge on any atom is -0.469 e. The number of amides is 3. The van der Waals surface area contributed by atoms with Crippen LogP contribution in [0.25, 0.3) is 5.57 Å². The summed E-state index contributed by atoms with van der Waals surface area (Å²) in [6, 6.07) is 17.1. The summed E-state index contributed by atoms with van der Waals surface area (Å²) in [4.78, 5) is 55.1. The van der Waals surface area contributed by atoms with Gasteiger partial charge in [-0.2, -0.15) is 0 Å². The first-order chi connectivity index (χ1) is 20.4. The van der Waals surface area contributed by atoms with Gasteiger partial charge in [-0.25, -0.2) is 5.06 Å². The molecule has 3 amide bonds. The molecule has 0 saturated carbocycles. The van der Waals surface area contributed by atoms with Crippen LogP contribution < -0.4 is 10.6 Å². The van der Waals surface area contributed by atoms with Gasteiger partial charge >= 0.3 is 5.97 Å². The molecule has 2 unspecified atom stereocenters. The van der Waals surface area contributed by atoms with Crippen LogP contribution in [0.15, 0.2) is 72.3 Å². The van der Waals surface area contributed by atoms with Crippen molar-refractivity contribution in [2.75, 3.05) is 20.3 Å². The van der Waals surface area contributed by atoms with E-state index in [0.717, 1.165) is 41.5 Å². The van der Waals surface area contributed by atoms with Gasteiger partial charge in [-0.05, 0) is 35.6 Å². The Morgan fingerprint density at radius 3 is 2.52 bits per heavy atom. The number of hydroxylamine groups is 2. The van der Waals surface area contributed by atoms with Gasteiger partial charge in [-0.1, -0.05) is 92.9 Å². The Kier molecular flexibility index (Phi) is 13.0. The molecule has 0 fully saturated rings. The van der Waals surface area contributed by atoms with Gasteiger partial charge < -0.3 is 15.4 Å². The average molecular weight is 576 g/mol. The van der Waals surface area contributed by atoms with Crippen LogP contribution >= 0.6 is 0 Å². The molecular weight excluding hydrogens is 534 g/mol. The number of hydrogen-bond acceptors (Lipinski definition) is 6. The summed E-state index contributed by atoms with van der Waals surface area (Å²) in [5.74, 6) is -1.70. The van der Waals surface area contributed by atoms with Gasteiger partial charge in [0.15, 0.2) is 0 Å². The lowest BCUT2D eigenvalue weighted by Crippen LogP contribution is -2.43. The number of allylic oxidation sites excluding steroid dienone is 3. The summed E-state index contributed by atoms with van der Waals surface area (Å²) in [5, 5.41) is 6.72. The summed E-state index contributed by atoms with van der Waals surface area (Å²) in [6.07, 6.45) is 8.10. The van der Waals surface area contributed by atoms with Crippen molar-refractivity contribution in [1.82, 2.24) is 15.7 Å². The van der Waals surface area contributed by atoms with Crippen LogP contribution in [0.4, 0.5) is 0 Å². The summed E-state index contributed by atoms with van der Waals surface area (Å²) >= 11 is 0. The fourth-order valence-electron chi connectivity index (χ4n) is 4.69. The number of rotatable bonds is 17. The normalized spacial score (nSPS) is 13.8. The standard InChI is InChI=1S/C33H41N3O6/c1-4-5-7-13-30(20-36(23-37)42-21-25-11-8-6-9-12-25)32(39)35-22-34-31(38)29-17-16-28(19-29)27-15-10-14-26(18-27)24(2)33(40)41-3/h6,8-12,14-18,23-24,30H,4-5,7,13,19-22H2,1-3H3,(H,34,38)(H,35,39). The number of benzene rings is 2. The first-order valence-electron chi connectivity index (χ1n) is 14.4. The van der Waals surface area contributed by atoms with E-state index < -0.39 is 11.8 Å². The number of esters is 1. The molecule has 1 aliphatic carbocycles. The predicted octanol–water partition coefficient (Wildman–Crippen LogP) is 4.65. The van der Waals surface area contributed by atoms with Gasteiger partial charge in [-0.15, -0.1) is 0 Å². The number of carbonyl (C=O) groups excluding carboxylic acids is 4. The Balaban J connectivity index is 1.49. The second kappa shape index (κ2) is 16.9. The first-order valence-corrected chi connectivity index (χ1v) is 14.4. The molecule has 0 heterocycles. The molecule has 0 spiro atoms. The molecule has 2 aromatic rings. The lowest BCUT2D eigenvalue weighted by atomic mass is 9.95. The van der Waals surface area contributed by atoms with Crippen molar-refractivity contribution >= 4 is 29.8 Å². The molecule has 9 heteroatoms. The zero-order valence-corrected chi connectivity index (χ0v) is 24.6. The van der Waals surface area contributed by atoms with E-state index in [9.17, 15) is 19.2 Å². The maximum absolute atomic E-state index is 13.0. The van der Waals surface area contributed by atoms with Gasteiger partial charge in [0.05, 0.1) is 32.2 Å². The van der Waals surface area contributed by atoms with Crippen LogP contribution in [0.5, 0.6) is 0 Å². The molecule has 0 bridgehead atoms. The molecule has 9 nitrogen and oxygen atoms in total.